The molecule has 0 spiro atoms. The zero-order valence-electron chi connectivity index (χ0n) is 28.3. The van der Waals surface area contributed by atoms with Crippen LogP contribution in [0.1, 0.15) is 0 Å². The highest BCUT2D eigenvalue weighted by Crippen LogP contribution is 2.48. The maximum absolute atomic E-state index is 6.53. The van der Waals surface area contributed by atoms with E-state index in [1.807, 2.05) is 0 Å². The van der Waals surface area contributed by atoms with Crippen molar-refractivity contribution in [3.05, 3.63) is 188 Å². The molecule has 9 aromatic carbocycles. The van der Waals surface area contributed by atoms with Gasteiger partial charge in [-0.1, -0.05) is 146 Å². The van der Waals surface area contributed by atoms with Gasteiger partial charge in [0.05, 0.1) is 11.0 Å². The van der Waals surface area contributed by atoms with Crippen molar-refractivity contribution in [2.24, 2.45) is 0 Å². The van der Waals surface area contributed by atoms with E-state index in [0.717, 1.165) is 27.6 Å². The summed E-state index contributed by atoms with van der Waals surface area (Å²) >= 11 is 0. The zero-order chi connectivity index (χ0) is 34.2. The van der Waals surface area contributed by atoms with Crippen LogP contribution in [0.5, 0.6) is 0 Å². The minimum Gasteiger partial charge on any atom is -0.456 e. The van der Waals surface area contributed by atoms with Crippen LogP contribution in [0.3, 0.4) is 0 Å². The SMILES string of the molecule is c1ccc(-c2ccc3oc4cccc(-c5c6ccccc6c(-c6ccc7c8ccccc8n(-c8ccccc8)c7c6)c6ccccc56)c4c3c2)cc1. The number of nitrogens with zero attached hydrogens (tertiary/aromatic N) is 1. The van der Waals surface area contributed by atoms with Crippen molar-refractivity contribution >= 4 is 65.3 Å². The summed E-state index contributed by atoms with van der Waals surface area (Å²) in [6.45, 7) is 0. The third-order valence-electron chi connectivity index (χ3n) is 10.8. The van der Waals surface area contributed by atoms with Crippen LogP contribution in [-0.4, -0.2) is 4.57 Å². The second-order valence-electron chi connectivity index (χ2n) is 13.6. The van der Waals surface area contributed by atoms with E-state index in [9.17, 15) is 0 Å². The summed E-state index contributed by atoms with van der Waals surface area (Å²) < 4.78 is 8.94. The summed E-state index contributed by atoms with van der Waals surface area (Å²) in [4.78, 5) is 0. The number of hydrogen-bond donors (Lipinski definition) is 0. The normalized spacial score (nSPS) is 11.8. The van der Waals surface area contributed by atoms with Gasteiger partial charge in [0, 0.05) is 27.2 Å². The Kier molecular flexibility index (Phi) is 6.28. The lowest BCUT2D eigenvalue weighted by Gasteiger charge is -2.18. The first-order valence-corrected chi connectivity index (χ1v) is 17.9. The molecule has 0 aliphatic carbocycles. The van der Waals surface area contributed by atoms with Crippen molar-refractivity contribution in [2.75, 3.05) is 0 Å². The zero-order valence-corrected chi connectivity index (χ0v) is 28.3. The van der Waals surface area contributed by atoms with Gasteiger partial charge in [0.25, 0.3) is 0 Å². The molecule has 0 radical (unpaired) electrons. The Morgan fingerprint density at radius 1 is 0.327 bits per heavy atom. The van der Waals surface area contributed by atoms with Crippen LogP contribution in [0.25, 0.3) is 104 Å². The van der Waals surface area contributed by atoms with E-state index in [1.165, 1.54) is 76.7 Å². The predicted molar refractivity (Wildman–Crippen MR) is 219 cm³/mol. The molecular weight excluding hydrogens is 631 g/mol. The molecular formula is C50H31NO. The Morgan fingerprint density at radius 2 is 0.923 bits per heavy atom. The molecule has 0 unspecified atom stereocenters. The van der Waals surface area contributed by atoms with Gasteiger partial charge in [-0.2, -0.15) is 0 Å². The molecule has 0 aliphatic rings. The number of para-hydroxylation sites is 2. The lowest BCUT2D eigenvalue weighted by atomic mass is 9.84. The minimum atomic E-state index is 0.897. The topological polar surface area (TPSA) is 18.1 Å². The van der Waals surface area contributed by atoms with Gasteiger partial charge in [-0.25, -0.2) is 0 Å². The van der Waals surface area contributed by atoms with Crippen LogP contribution < -0.4 is 0 Å². The van der Waals surface area contributed by atoms with E-state index in [4.69, 9.17) is 4.42 Å². The van der Waals surface area contributed by atoms with Crippen molar-refractivity contribution in [3.8, 4) is 39.1 Å². The molecule has 2 heterocycles. The smallest absolute Gasteiger partial charge is 0.136 e. The van der Waals surface area contributed by atoms with E-state index in [-0.39, 0.29) is 0 Å². The van der Waals surface area contributed by atoms with Crippen molar-refractivity contribution in [2.45, 2.75) is 0 Å². The van der Waals surface area contributed by atoms with Crippen LogP contribution in [0.15, 0.2) is 192 Å². The average molecular weight is 662 g/mol. The molecule has 0 N–H and O–H groups in total. The molecule has 0 saturated carbocycles. The highest BCUT2D eigenvalue weighted by atomic mass is 16.3. The van der Waals surface area contributed by atoms with Crippen molar-refractivity contribution in [3.63, 3.8) is 0 Å². The molecule has 0 fully saturated rings. The van der Waals surface area contributed by atoms with Gasteiger partial charge < -0.3 is 8.98 Å². The molecule has 2 aromatic heterocycles. The Labute approximate surface area is 300 Å². The monoisotopic (exact) mass is 661 g/mol. The third-order valence-corrected chi connectivity index (χ3v) is 10.8. The summed E-state index contributed by atoms with van der Waals surface area (Å²) in [5.41, 5.74) is 12.6. The van der Waals surface area contributed by atoms with Crippen molar-refractivity contribution in [1.82, 2.24) is 4.57 Å². The average Bonchev–Trinajstić information content (AvgIpc) is 3.76. The van der Waals surface area contributed by atoms with E-state index < -0.39 is 0 Å². The summed E-state index contributed by atoms with van der Waals surface area (Å²) in [6.07, 6.45) is 0. The molecule has 0 aliphatic heterocycles. The highest BCUT2D eigenvalue weighted by Gasteiger charge is 2.21. The van der Waals surface area contributed by atoms with Crippen LogP contribution in [0, 0.1) is 0 Å². The summed E-state index contributed by atoms with van der Waals surface area (Å²) in [5.74, 6) is 0. The second-order valence-corrected chi connectivity index (χ2v) is 13.6. The molecule has 0 bridgehead atoms. The van der Waals surface area contributed by atoms with Gasteiger partial charge in [0.2, 0.25) is 0 Å². The van der Waals surface area contributed by atoms with E-state index in [1.54, 1.807) is 0 Å². The lowest BCUT2D eigenvalue weighted by molar-refractivity contribution is 0.669. The number of aromatic nitrogens is 1. The Hall–Kier alpha value is -6.90. The second kappa shape index (κ2) is 11.3. The molecule has 242 valence electrons. The summed E-state index contributed by atoms with van der Waals surface area (Å²) in [7, 11) is 0. The molecule has 2 nitrogen and oxygen atoms in total. The Bertz CT molecular complexity index is 3110. The first-order valence-electron chi connectivity index (χ1n) is 17.9. The van der Waals surface area contributed by atoms with Gasteiger partial charge in [0.15, 0.2) is 0 Å². The fraction of sp³-hybridized carbons (Fsp3) is 0. The summed E-state index contributed by atoms with van der Waals surface area (Å²) in [5, 5.41) is 9.69. The van der Waals surface area contributed by atoms with Crippen LogP contribution in [0.2, 0.25) is 0 Å². The molecule has 0 atom stereocenters. The van der Waals surface area contributed by atoms with Gasteiger partial charge in [0.1, 0.15) is 11.2 Å². The maximum atomic E-state index is 6.53. The quantitative estimate of drug-likeness (QED) is 0.172. The first-order chi connectivity index (χ1) is 25.8. The fourth-order valence-electron chi connectivity index (χ4n) is 8.56. The minimum absolute atomic E-state index is 0.897. The third kappa shape index (κ3) is 4.25. The molecule has 11 rings (SSSR count). The molecule has 0 amide bonds. The molecule has 52 heavy (non-hydrogen) atoms. The van der Waals surface area contributed by atoms with Crippen LogP contribution in [0.4, 0.5) is 0 Å². The highest BCUT2D eigenvalue weighted by molar-refractivity contribution is 6.26. The maximum Gasteiger partial charge on any atom is 0.136 e. The van der Waals surface area contributed by atoms with E-state index in [2.05, 4.69) is 193 Å². The largest absolute Gasteiger partial charge is 0.456 e. The number of hydrogen-bond acceptors (Lipinski definition) is 1. The molecule has 11 aromatic rings. The van der Waals surface area contributed by atoms with Crippen molar-refractivity contribution in [1.29, 1.82) is 0 Å². The van der Waals surface area contributed by atoms with Crippen LogP contribution >= 0.6 is 0 Å². The fourth-order valence-corrected chi connectivity index (χ4v) is 8.56. The number of furan rings is 1. The van der Waals surface area contributed by atoms with Gasteiger partial charge >= 0.3 is 0 Å². The van der Waals surface area contributed by atoms with Gasteiger partial charge in [-0.05, 0) is 97.4 Å². The van der Waals surface area contributed by atoms with Crippen LogP contribution in [-0.2, 0) is 0 Å². The van der Waals surface area contributed by atoms with Crippen molar-refractivity contribution < 1.29 is 4.42 Å². The first kappa shape index (κ1) is 28.9. The molecule has 0 saturated heterocycles. The van der Waals surface area contributed by atoms with Gasteiger partial charge in [-0.15, -0.1) is 0 Å². The Morgan fingerprint density at radius 3 is 1.65 bits per heavy atom. The number of benzene rings is 9. The molecule has 2 heteroatoms. The lowest BCUT2D eigenvalue weighted by Crippen LogP contribution is -1.94. The summed E-state index contributed by atoms with van der Waals surface area (Å²) in [6, 6.07) is 67.9. The number of rotatable bonds is 4. The van der Waals surface area contributed by atoms with Gasteiger partial charge in [-0.3, -0.25) is 0 Å². The predicted octanol–water partition coefficient (Wildman–Crippen LogP) is 14.0. The number of fused-ring (bicyclic) bond motifs is 8. The Balaban J connectivity index is 1.22. The van der Waals surface area contributed by atoms with E-state index in [0.29, 0.717) is 0 Å². The van der Waals surface area contributed by atoms with E-state index >= 15 is 0 Å². The standard InChI is InChI=1S/C50H31NO/c1-3-14-32(15-4-1)33-27-29-46-43(30-33)50-42(23-13-25-47(50)52-46)49-40-21-9-7-19-38(40)48(39-20-8-10-22-41(39)49)34-26-28-37-36-18-11-12-24-44(36)51(45(37)31-34)35-16-5-2-6-17-35/h1-31H.